The molecule has 3 rings (SSSR count). The van der Waals surface area contributed by atoms with Crippen LogP contribution in [0.3, 0.4) is 0 Å². The van der Waals surface area contributed by atoms with Gasteiger partial charge in [0, 0.05) is 11.8 Å². The Morgan fingerprint density at radius 2 is 1.14 bits per heavy atom. The van der Waals surface area contributed by atoms with E-state index in [1.54, 1.807) is 0 Å². The highest BCUT2D eigenvalue weighted by molar-refractivity contribution is 4.81. The van der Waals surface area contributed by atoms with E-state index in [2.05, 4.69) is 13.8 Å². The second-order valence-electron chi connectivity index (χ2n) is 7.15. The van der Waals surface area contributed by atoms with Gasteiger partial charge in [-0.1, -0.05) is 13.8 Å². The van der Waals surface area contributed by atoms with E-state index in [0.29, 0.717) is 36.3 Å². The first-order valence-corrected chi connectivity index (χ1v) is 9.26. The molecule has 4 heteroatoms. The first-order valence-electron chi connectivity index (χ1n) is 9.26. The quantitative estimate of drug-likeness (QED) is 0.690. The van der Waals surface area contributed by atoms with Crippen LogP contribution in [0.2, 0.25) is 0 Å². The first-order chi connectivity index (χ1) is 10.8. The maximum absolute atomic E-state index is 6.10. The molecule has 0 amide bonds. The van der Waals surface area contributed by atoms with E-state index < -0.39 is 0 Å². The number of ether oxygens (including phenoxy) is 4. The fourth-order valence-corrected chi connectivity index (χ4v) is 3.83. The second-order valence-corrected chi connectivity index (χ2v) is 7.15. The lowest BCUT2D eigenvalue weighted by Gasteiger charge is -2.39. The Kier molecular flexibility index (Phi) is 6.14. The van der Waals surface area contributed by atoms with Crippen LogP contribution in [0.15, 0.2) is 0 Å². The van der Waals surface area contributed by atoms with Gasteiger partial charge in [-0.25, -0.2) is 0 Å². The predicted octanol–water partition coefficient (Wildman–Crippen LogP) is 3.18. The lowest BCUT2D eigenvalue weighted by atomic mass is 9.93. The van der Waals surface area contributed by atoms with Crippen molar-refractivity contribution in [2.75, 3.05) is 26.4 Å². The van der Waals surface area contributed by atoms with Crippen molar-refractivity contribution < 1.29 is 18.9 Å². The van der Waals surface area contributed by atoms with E-state index in [1.807, 2.05) is 0 Å². The van der Waals surface area contributed by atoms with E-state index >= 15 is 0 Å². The Hall–Kier alpha value is -0.160. The van der Waals surface area contributed by atoms with Gasteiger partial charge in [-0.05, 0) is 38.5 Å². The summed E-state index contributed by atoms with van der Waals surface area (Å²) in [6.45, 7) is 7.92. The molecular weight excluding hydrogens is 280 g/mol. The van der Waals surface area contributed by atoms with Crippen LogP contribution < -0.4 is 0 Å². The molecule has 0 aromatic carbocycles. The van der Waals surface area contributed by atoms with Gasteiger partial charge in [-0.3, -0.25) is 0 Å². The average Bonchev–Trinajstić information content (AvgIpc) is 2.48. The molecule has 0 bridgehead atoms. The molecule has 2 aliphatic heterocycles. The largest absolute Gasteiger partial charge is 0.378 e. The third kappa shape index (κ3) is 4.02. The van der Waals surface area contributed by atoms with Crippen LogP contribution >= 0.6 is 0 Å². The van der Waals surface area contributed by atoms with Gasteiger partial charge >= 0.3 is 0 Å². The minimum absolute atomic E-state index is 0.438. The minimum atomic E-state index is 0.438. The molecule has 22 heavy (non-hydrogen) atoms. The van der Waals surface area contributed by atoms with Crippen molar-refractivity contribution in [2.45, 2.75) is 76.8 Å². The summed E-state index contributed by atoms with van der Waals surface area (Å²) in [6.07, 6.45) is 8.56. The topological polar surface area (TPSA) is 36.9 Å². The zero-order chi connectivity index (χ0) is 15.4. The smallest absolute Gasteiger partial charge is 0.0645 e. The average molecular weight is 312 g/mol. The van der Waals surface area contributed by atoms with E-state index in [1.165, 1.54) is 0 Å². The van der Waals surface area contributed by atoms with Crippen LogP contribution in [0.4, 0.5) is 0 Å². The van der Waals surface area contributed by atoms with Gasteiger partial charge in [0.05, 0.1) is 50.8 Å². The first kappa shape index (κ1) is 16.7. The highest BCUT2D eigenvalue weighted by atomic mass is 16.5. The molecule has 1 saturated carbocycles. The molecule has 2 heterocycles. The Balaban J connectivity index is 1.26. The summed E-state index contributed by atoms with van der Waals surface area (Å²) in [5.74, 6) is 1.26. The molecule has 128 valence electrons. The van der Waals surface area contributed by atoms with Crippen molar-refractivity contribution >= 4 is 0 Å². The fourth-order valence-electron chi connectivity index (χ4n) is 3.83. The minimum Gasteiger partial charge on any atom is -0.378 e. The van der Waals surface area contributed by atoms with Gasteiger partial charge in [0.25, 0.3) is 0 Å². The molecule has 4 nitrogen and oxygen atoms in total. The number of hydrogen-bond acceptors (Lipinski definition) is 4. The Bertz CT molecular complexity index is 291. The molecule has 1 aliphatic carbocycles. The van der Waals surface area contributed by atoms with Crippen molar-refractivity contribution in [3.8, 4) is 0 Å². The van der Waals surface area contributed by atoms with Gasteiger partial charge in [0.15, 0.2) is 0 Å². The molecule has 3 fully saturated rings. The number of rotatable bonds is 8. The summed E-state index contributed by atoms with van der Waals surface area (Å²) >= 11 is 0. The van der Waals surface area contributed by atoms with Gasteiger partial charge in [-0.15, -0.1) is 0 Å². The van der Waals surface area contributed by atoms with Crippen molar-refractivity contribution in [3.05, 3.63) is 0 Å². The summed E-state index contributed by atoms with van der Waals surface area (Å²) in [6, 6.07) is 0. The van der Waals surface area contributed by atoms with Crippen LogP contribution in [0.25, 0.3) is 0 Å². The monoisotopic (exact) mass is 312 g/mol. The van der Waals surface area contributed by atoms with E-state index in [0.717, 1.165) is 65.0 Å². The molecule has 4 unspecified atom stereocenters. The van der Waals surface area contributed by atoms with Crippen LogP contribution in [0.1, 0.15) is 52.4 Å². The van der Waals surface area contributed by atoms with E-state index in [9.17, 15) is 0 Å². The summed E-state index contributed by atoms with van der Waals surface area (Å²) in [5.41, 5.74) is 0. The number of hydrogen-bond donors (Lipinski definition) is 0. The van der Waals surface area contributed by atoms with Gasteiger partial charge < -0.3 is 18.9 Å². The molecular formula is C18H32O4. The normalized spacial score (nSPS) is 41.7. The van der Waals surface area contributed by atoms with E-state index in [-0.39, 0.29) is 0 Å². The zero-order valence-corrected chi connectivity index (χ0v) is 14.2. The molecule has 0 aromatic rings. The fraction of sp³-hybridized carbons (Fsp3) is 1.00. The van der Waals surface area contributed by atoms with Crippen LogP contribution in [0, 0.1) is 11.8 Å². The Morgan fingerprint density at radius 3 is 1.41 bits per heavy atom. The van der Waals surface area contributed by atoms with Gasteiger partial charge in [-0.2, -0.15) is 0 Å². The maximum atomic E-state index is 6.10. The Morgan fingerprint density at radius 1 is 0.727 bits per heavy atom. The third-order valence-corrected chi connectivity index (χ3v) is 5.62. The van der Waals surface area contributed by atoms with Crippen LogP contribution in [-0.4, -0.2) is 50.8 Å². The van der Waals surface area contributed by atoms with Crippen LogP contribution in [0.5, 0.6) is 0 Å². The van der Waals surface area contributed by atoms with Gasteiger partial charge in [0.1, 0.15) is 0 Å². The lowest BCUT2D eigenvalue weighted by Crippen LogP contribution is -2.44. The highest BCUT2D eigenvalue weighted by Crippen LogP contribution is 2.29. The molecule has 4 atom stereocenters. The lowest BCUT2D eigenvalue weighted by molar-refractivity contribution is -0.162. The highest BCUT2D eigenvalue weighted by Gasteiger charge is 2.33. The molecule has 2 saturated heterocycles. The summed E-state index contributed by atoms with van der Waals surface area (Å²) in [7, 11) is 0. The van der Waals surface area contributed by atoms with Crippen molar-refractivity contribution in [2.24, 2.45) is 11.8 Å². The summed E-state index contributed by atoms with van der Waals surface area (Å²) < 4.78 is 23.3. The predicted molar refractivity (Wildman–Crippen MR) is 85.0 cm³/mol. The van der Waals surface area contributed by atoms with Gasteiger partial charge in [0.2, 0.25) is 0 Å². The summed E-state index contributed by atoms with van der Waals surface area (Å²) in [4.78, 5) is 0. The molecule has 0 N–H and O–H groups in total. The van der Waals surface area contributed by atoms with Crippen molar-refractivity contribution in [1.29, 1.82) is 0 Å². The zero-order valence-electron chi connectivity index (χ0n) is 14.2. The molecule has 0 radical (unpaired) electrons. The molecule has 3 aliphatic rings. The standard InChI is InChI=1S/C18H32O4/c1-3-17-13(11-21-17)9-19-15-5-7-16(8-6-15)20-10-14-12-22-18(14)4-2/h13-18H,3-12H2,1-2H3. The molecule has 0 spiro atoms. The van der Waals surface area contributed by atoms with Crippen molar-refractivity contribution in [3.63, 3.8) is 0 Å². The SMILES string of the molecule is CCC1OCC1COC1CCC(OCC2COC2CC)CC1. The van der Waals surface area contributed by atoms with Crippen LogP contribution in [-0.2, 0) is 18.9 Å². The summed E-state index contributed by atoms with van der Waals surface area (Å²) in [5, 5.41) is 0. The maximum Gasteiger partial charge on any atom is 0.0645 e. The second kappa shape index (κ2) is 8.09. The van der Waals surface area contributed by atoms with Crippen molar-refractivity contribution in [1.82, 2.24) is 0 Å². The molecule has 0 aromatic heterocycles. The Labute approximate surface area is 134 Å². The third-order valence-electron chi connectivity index (χ3n) is 5.62. The van der Waals surface area contributed by atoms with E-state index in [4.69, 9.17) is 18.9 Å².